The lowest BCUT2D eigenvalue weighted by molar-refractivity contribution is -0.137. The number of hydrogen-bond donors (Lipinski definition) is 1. The van der Waals surface area contributed by atoms with Gasteiger partial charge in [0.05, 0.1) is 33.3 Å². The highest BCUT2D eigenvalue weighted by Crippen LogP contribution is 2.49. The maximum Gasteiger partial charge on any atom is 0.337 e. The first-order chi connectivity index (χ1) is 10.5. The third-order valence-electron chi connectivity index (χ3n) is 3.91. The van der Waals surface area contributed by atoms with E-state index in [-0.39, 0.29) is 12.3 Å². The molecule has 6 heteroatoms. The molecule has 1 aliphatic rings. The van der Waals surface area contributed by atoms with Crippen molar-refractivity contribution in [1.82, 2.24) is 0 Å². The van der Waals surface area contributed by atoms with E-state index in [0.29, 0.717) is 28.5 Å². The molecular formula is C16H20O6. The number of ether oxygens (including phenoxy) is 3. The Morgan fingerprint density at radius 2 is 1.91 bits per heavy atom. The first-order valence-electron chi connectivity index (χ1n) is 7.07. The van der Waals surface area contributed by atoms with Crippen molar-refractivity contribution in [3.8, 4) is 11.5 Å². The van der Waals surface area contributed by atoms with Crippen LogP contribution in [-0.4, -0.2) is 38.4 Å². The molecule has 1 aromatic carbocycles. The Labute approximate surface area is 129 Å². The first-order valence-corrected chi connectivity index (χ1v) is 7.07. The number of rotatable bonds is 7. The summed E-state index contributed by atoms with van der Waals surface area (Å²) in [6.45, 7) is 0. The second-order valence-electron chi connectivity index (χ2n) is 5.33. The lowest BCUT2D eigenvalue weighted by atomic mass is 9.88. The quantitative estimate of drug-likeness (QED) is 0.779. The molecule has 0 bridgehead atoms. The van der Waals surface area contributed by atoms with Crippen molar-refractivity contribution in [2.45, 2.75) is 25.2 Å². The number of carboxylic acid groups (broad SMARTS) is 1. The predicted octanol–water partition coefficient (Wildman–Crippen LogP) is 2.46. The number of aliphatic carboxylic acids is 1. The minimum atomic E-state index is -0.874. The summed E-state index contributed by atoms with van der Waals surface area (Å²) in [5, 5.41) is 9.17. The van der Waals surface area contributed by atoms with E-state index in [1.165, 1.54) is 21.3 Å². The van der Waals surface area contributed by atoms with Crippen LogP contribution in [0.2, 0.25) is 0 Å². The highest BCUT2D eigenvalue weighted by atomic mass is 16.5. The van der Waals surface area contributed by atoms with E-state index in [1.54, 1.807) is 12.1 Å². The van der Waals surface area contributed by atoms with Gasteiger partial charge in [0.1, 0.15) is 0 Å². The number of esters is 1. The monoisotopic (exact) mass is 308 g/mol. The van der Waals surface area contributed by atoms with E-state index in [9.17, 15) is 14.7 Å². The van der Waals surface area contributed by atoms with Gasteiger partial charge < -0.3 is 19.3 Å². The van der Waals surface area contributed by atoms with Gasteiger partial charge >= 0.3 is 11.9 Å². The molecule has 1 unspecified atom stereocenters. The highest BCUT2D eigenvalue weighted by molar-refractivity contribution is 5.90. The molecule has 2 rings (SSSR count). The second kappa shape index (κ2) is 6.68. The van der Waals surface area contributed by atoms with Crippen molar-refractivity contribution in [2.75, 3.05) is 21.3 Å². The Hall–Kier alpha value is -2.24. The lowest BCUT2D eigenvalue weighted by Crippen LogP contribution is -2.12. The highest BCUT2D eigenvalue weighted by Gasteiger charge is 2.36. The van der Waals surface area contributed by atoms with Crippen molar-refractivity contribution in [3.05, 3.63) is 23.3 Å². The van der Waals surface area contributed by atoms with Crippen LogP contribution in [0.4, 0.5) is 0 Å². The SMILES string of the molecule is COC(=O)c1cc(OC)c(OC)c(C(CC(=O)O)C2CC2)c1. The van der Waals surface area contributed by atoms with Crippen LogP contribution in [0.25, 0.3) is 0 Å². The predicted molar refractivity (Wildman–Crippen MR) is 78.6 cm³/mol. The molecule has 120 valence electrons. The number of benzene rings is 1. The van der Waals surface area contributed by atoms with Gasteiger partial charge in [-0.2, -0.15) is 0 Å². The maximum absolute atomic E-state index is 11.8. The summed E-state index contributed by atoms with van der Waals surface area (Å²) in [5.41, 5.74) is 1.01. The van der Waals surface area contributed by atoms with Crippen LogP contribution in [0.3, 0.4) is 0 Å². The number of hydrogen-bond acceptors (Lipinski definition) is 5. The van der Waals surface area contributed by atoms with Crippen molar-refractivity contribution < 1.29 is 28.9 Å². The fraction of sp³-hybridized carbons (Fsp3) is 0.500. The molecule has 22 heavy (non-hydrogen) atoms. The molecule has 0 aliphatic heterocycles. The van der Waals surface area contributed by atoms with Gasteiger partial charge in [-0.15, -0.1) is 0 Å². The van der Waals surface area contributed by atoms with Gasteiger partial charge in [0.25, 0.3) is 0 Å². The molecule has 0 saturated heterocycles. The Morgan fingerprint density at radius 3 is 2.36 bits per heavy atom. The summed E-state index contributed by atoms with van der Waals surface area (Å²) in [6, 6.07) is 3.19. The lowest BCUT2D eigenvalue weighted by Gasteiger charge is -2.21. The number of methoxy groups -OCH3 is 3. The second-order valence-corrected chi connectivity index (χ2v) is 5.33. The van der Waals surface area contributed by atoms with Gasteiger partial charge in [0, 0.05) is 11.5 Å². The Bertz CT molecular complexity index is 576. The van der Waals surface area contributed by atoms with Crippen LogP contribution < -0.4 is 9.47 Å². The maximum atomic E-state index is 11.8. The van der Waals surface area contributed by atoms with E-state index >= 15 is 0 Å². The fourth-order valence-electron chi connectivity index (χ4n) is 2.72. The normalized spacial score (nSPS) is 15.0. The fourth-order valence-corrected chi connectivity index (χ4v) is 2.72. The van der Waals surface area contributed by atoms with Crippen LogP contribution in [0.15, 0.2) is 12.1 Å². The van der Waals surface area contributed by atoms with Crippen LogP contribution in [0.5, 0.6) is 11.5 Å². The van der Waals surface area contributed by atoms with E-state index < -0.39 is 11.9 Å². The third-order valence-corrected chi connectivity index (χ3v) is 3.91. The summed E-state index contributed by atoms with van der Waals surface area (Å²) in [6.07, 6.45) is 1.95. The number of carboxylic acids is 1. The van der Waals surface area contributed by atoms with Gasteiger partial charge in [0.15, 0.2) is 11.5 Å². The molecule has 0 amide bonds. The smallest absolute Gasteiger partial charge is 0.337 e. The largest absolute Gasteiger partial charge is 0.493 e. The van der Waals surface area contributed by atoms with Crippen LogP contribution >= 0.6 is 0 Å². The zero-order valence-electron chi connectivity index (χ0n) is 12.9. The summed E-state index contributed by atoms with van der Waals surface area (Å²) in [7, 11) is 4.28. The zero-order valence-corrected chi connectivity index (χ0v) is 12.9. The van der Waals surface area contributed by atoms with Crippen molar-refractivity contribution in [1.29, 1.82) is 0 Å². The molecule has 1 fully saturated rings. The molecular weight excluding hydrogens is 288 g/mol. The molecule has 1 atom stereocenters. The summed E-state index contributed by atoms with van der Waals surface area (Å²) < 4.78 is 15.4. The van der Waals surface area contributed by atoms with Crippen molar-refractivity contribution in [3.63, 3.8) is 0 Å². The van der Waals surface area contributed by atoms with E-state index in [2.05, 4.69) is 0 Å². The standard InChI is InChI=1S/C16H20O6/c1-20-13-7-10(16(19)22-3)6-12(15(13)21-2)11(8-14(17)18)9-4-5-9/h6-7,9,11H,4-5,8H2,1-3H3,(H,17,18). The molecule has 1 saturated carbocycles. The van der Waals surface area contributed by atoms with Gasteiger partial charge in [-0.25, -0.2) is 4.79 Å². The van der Waals surface area contributed by atoms with E-state index in [1.807, 2.05) is 0 Å². The molecule has 0 spiro atoms. The molecule has 1 aromatic rings. The Balaban J connectivity index is 2.54. The van der Waals surface area contributed by atoms with Crippen LogP contribution in [0.1, 0.15) is 41.1 Å². The average molecular weight is 308 g/mol. The van der Waals surface area contributed by atoms with Gasteiger partial charge in [0.2, 0.25) is 0 Å². The van der Waals surface area contributed by atoms with E-state index in [0.717, 1.165) is 12.8 Å². The topological polar surface area (TPSA) is 82.1 Å². The molecule has 0 radical (unpaired) electrons. The minimum Gasteiger partial charge on any atom is -0.493 e. The molecule has 1 aliphatic carbocycles. The molecule has 1 N–H and O–H groups in total. The molecule has 0 aromatic heterocycles. The zero-order chi connectivity index (χ0) is 16.3. The molecule has 6 nitrogen and oxygen atoms in total. The van der Waals surface area contributed by atoms with Crippen molar-refractivity contribution >= 4 is 11.9 Å². The minimum absolute atomic E-state index is 0.00515. The Morgan fingerprint density at radius 1 is 1.23 bits per heavy atom. The van der Waals surface area contributed by atoms with Gasteiger partial charge in [-0.3, -0.25) is 4.79 Å². The summed E-state index contributed by atoms with van der Waals surface area (Å²) in [4.78, 5) is 23.0. The average Bonchev–Trinajstić information content (AvgIpc) is 3.34. The van der Waals surface area contributed by atoms with Crippen molar-refractivity contribution in [2.24, 2.45) is 5.92 Å². The third kappa shape index (κ3) is 3.32. The van der Waals surface area contributed by atoms with Gasteiger partial charge in [-0.1, -0.05) is 0 Å². The number of carbonyl (C=O) groups excluding carboxylic acids is 1. The summed E-state index contributed by atoms with van der Waals surface area (Å²) >= 11 is 0. The Kier molecular flexibility index (Phi) is 4.90. The van der Waals surface area contributed by atoms with Gasteiger partial charge in [-0.05, 0) is 30.9 Å². The summed E-state index contributed by atoms with van der Waals surface area (Å²) in [5.74, 6) is -0.397. The molecule has 0 heterocycles. The number of carbonyl (C=O) groups is 2. The first kappa shape index (κ1) is 16.1. The van der Waals surface area contributed by atoms with Crippen LogP contribution in [0, 0.1) is 5.92 Å². The van der Waals surface area contributed by atoms with E-state index in [4.69, 9.17) is 14.2 Å². The van der Waals surface area contributed by atoms with Crippen LogP contribution in [-0.2, 0) is 9.53 Å².